The number of benzene rings is 2. The van der Waals surface area contributed by atoms with E-state index in [1.807, 2.05) is 31.2 Å². The summed E-state index contributed by atoms with van der Waals surface area (Å²) >= 11 is 1.44. The Morgan fingerprint density at radius 3 is 2.66 bits per heavy atom. The second-order valence-corrected chi connectivity index (χ2v) is 12.0. The Kier molecular flexibility index (Phi) is 6.48. The molecule has 9 heteroatoms. The van der Waals surface area contributed by atoms with Crippen LogP contribution in [0.4, 0.5) is 5.13 Å². The molecule has 1 saturated heterocycles. The normalized spacial score (nSPS) is 17.0. The van der Waals surface area contributed by atoms with Crippen LogP contribution in [-0.4, -0.2) is 36.7 Å². The van der Waals surface area contributed by atoms with Crippen molar-refractivity contribution in [3.05, 3.63) is 77.7 Å². The molecule has 1 fully saturated rings. The van der Waals surface area contributed by atoms with E-state index in [9.17, 15) is 13.2 Å². The molecule has 35 heavy (non-hydrogen) atoms. The summed E-state index contributed by atoms with van der Waals surface area (Å²) in [6.07, 6.45) is 3.47. The molecule has 0 bridgehead atoms. The summed E-state index contributed by atoms with van der Waals surface area (Å²) in [7, 11) is -3.59. The Bertz CT molecular complexity index is 1440. The standard InChI is InChI=1S/C26H27N3O4S2/c1-18-6-4-14-28(16-18)35(31,32)22-12-10-20(11-13-22)25(30)29(17-21-8-5-15-33-21)26-27-24-19(2)7-3-9-23(24)34-26/h3,5,7-13,15,18H,4,6,14,16-17H2,1-2H3. The first kappa shape index (κ1) is 23.7. The molecular formula is C26H27N3O4S2. The van der Waals surface area contributed by atoms with Gasteiger partial charge in [0.05, 0.1) is 27.9 Å². The van der Waals surface area contributed by atoms with Crippen LogP contribution in [-0.2, 0) is 16.6 Å². The van der Waals surface area contributed by atoms with Gasteiger partial charge in [-0.2, -0.15) is 4.31 Å². The quantitative estimate of drug-likeness (QED) is 0.344. The van der Waals surface area contributed by atoms with E-state index in [-0.39, 0.29) is 17.3 Å². The highest BCUT2D eigenvalue weighted by molar-refractivity contribution is 7.89. The highest BCUT2D eigenvalue weighted by atomic mass is 32.2. The smallest absolute Gasteiger partial charge is 0.260 e. The number of thiazole rings is 1. The highest BCUT2D eigenvalue weighted by Crippen LogP contribution is 2.32. The van der Waals surface area contributed by atoms with Crippen molar-refractivity contribution in [2.75, 3.05) is 18.0 Å². The van der Waals surface area contributed by atoms with Gasteiger partial charge in [-0.25, -0.2) is 13.4 Å². The van der Waals surface area contributed by atoms with Crippen molar-refractivity contribution in [2.45, 2.75) is 38.1 Å². The van der Waals surface area contributed by atoms with Gasteiger partial charge < -0.3 is 4.42 Å². The third-order valence-electron chi connectivity index (χ3n) is 6.34. The van der Waals surface area contributed by atoms with Crippen LogP contribution in [0.2, 0.25) is 0 Å². The van der Waals surface area contributed by atoms with Crippen LogP contribution in [0.5, 0.6) is 0 Å². The Morgan fingerprint density at radius 2 is 1.97 bits per heavy atom. The predicted octanol–water partition coefficient (Wildman–Crippen LogP) is 5.47. The zero-order chi connectivity index (χ0) is 24.6. The van der Waals surface area contributed by atoms with E-state index >= 15 is 0 Å². The third kappa shape index (κ3) is 4.76. The third-order valence-corrected chi connectivity index (χ3v) is 9.26. The Hall–Kier alpha value is -3.01. The molecule has 0 spiro atoms. The van der Waals surface area contributed by atoms with Crippen LogP contribution < -0.4 is 4.90 Å². The second kappa shape index (κ2) is 9.56. The molecular weight excluding hydrogens is 482 g/mol. The van der Waals surface area contributed by atoms with E-state index in [1.165, 1.54) is 23.5 Å². The largest absolute Gasteiger partial charge is 0.467 e. The lowest BCUT2D eigenvalue weighted by molar-refractivity contribution is 0.0983. The molecule has 2 aromatic carbocycles. The van der Waals surface area contributed by atoms with Crippen LogP contribution in [0.25, 0.3) is 10.2 Å². The van der Waals surface area contributed by atoms with Crippen LogP contribution in [0.1, 0.15) is 41.4 Å². The number of aryl methyl sites for hydroxylation is 1. The van der Waals surface area contributed by atoms with Crippen molar-refractivity contribution in [1.29, 1.82) is 0 Å². The fourth-order valence-corrected chi connectivity index (χ4v) is 7.05. The minimum absolute atomic E-state index is 0.205. The summed E-state index contributed by atoms with van der Waals surface area (Å²) in [5, 5.41) is 0.565. The van der Waals surface area contributed by atoms with E-state index in [0.29, 0.717) is 35.5 Å². The van der Waals surface area contributed by atoms with E-state index in [2.05, 4.69) is 6.92 Å². The summed E-state index contributed by atoms with van der Waals surface area (Å²) in [6.45, 7) is 5.34. The molecule has 1 amide bonds. The van der Waals surface area contributed by atoms with Crippen LogP contribution in [0.15, 0.2) is 70.2 Å². The van der Waals surface area contributed by atoms with E-state index < -0.39 is 10.0 Å². The lowest BCUT2D eigenvalue weighted by Crippen LogP contribution is -2.39. The predicted molar refractivity (Wildman–Crippen MR) is 137 cm³/mol. The van der Waals surface area contributed by atoms with Crippen molar-refractivity contribution in [3.63, 3.8) is 0 Å². The lowest BCUT2D eigenvalue weighted by Gasteiger charge is -2.30. The SMILES string of the molecule is Cc1cccc2sc(N(Cc3ccco3)C(=O)c3ccc(S(=O)(=O)N4CCCC(C)C4)cc3)nc12. The molecule has 0 aliphatic carbocycles. The molecule has 7 nitrogen and oxygen atoms in total. The summed E-state index contributed by atoms with van der Waals surface area (Å²) < 4.78 is 34.3. The van der Waals surface area contributed by atoms with Gasteiger partial charge in [0, 0.05) is 18.7 Å². The zero-order valence-electron chi connectivity index (χ0n) is 19.7. The number of hydrogen-bond acceptors (Lipinski definition) is 6. The molecule has 4 aromatic rings. The monoisotopic (exact) mass is 509 g/mol. The molecule has 1 atom stereocenters. The Balaban J connectivity index is 1.45. The van der Waals surface area contributed by atoms with E-state index in [0.717, 1.165) is 28.6 Å². The van der Waals surface area contributed by atoms with Crippen molar-refractivity contribution in [2.24, 2.45) is 5.92 Å². The average molecular weight is 510 g/mol. The van der Waals surface area contributed by atoms with Crippen LogP contribution in [0.3, 0.4) is 0 Å². The number of piperidine rings is 1. The first-order valence-electron chi connectivity index (χ1n) is 11.6. The Labute approximate surface area is 209 Å². The molecule has 2 aromatic heterocycles. The highest BCUT2D eigenvalue weighted by Gasteiger charge is 2.29. The van der Waals surface area contributed by atoms with Gasteiger partial charge >= 0.3 is 0 Å². The first-order chi connectivity index (χ1) is 16.8. The van der Waals surface area contributed by atoms with Gasteiger partial charge in [0.15, 0.2) is 5.13 Å². The van der Waals surface area contributed by atoms with E-state index in [1.54, 1.807) is 33.7 Å². The molecule has 0 N–H and O–H groups in total. The number of rotatable bonds is 6. The number of carbonyl (C=O) groups excluding carboxylic acids is 1. The van der Waals surface area contributed by atoms with Crippen molar-refractivity contribution in [3.8, 4) is 0 Å². The molecule has 182 valence electrons. The van der Waals surface area contributed by atoms with Gasteiger partial charge in [-0.1, -0.05) is 30.4 Å². The fourth-order valence-electron chi connectivity index (χ4n) is 4.41. The number of amides is 1. The first-order valence-corrected chi connectivity index (χ1v) is 13.9. The van der Waals surface area contributed by atoms with E-state index in [4.69, 9.17) is 9.40 Å². The zero-order valence-corrected chi connectivity index (χ0v) is 21.3. The maximum Gasteiger partial charge on any atom is 0.260 e. The lowest BCUT2D eigenvalue weighted by atomic mass is 10.0. The maximum absolute atomic E-state index is 13.6. The number of nitrogens with zero attached hydrogens (tertiary/aromatic N) is 3. The summed E-state index contributed by atoms with van der Waals surface area (Å²) in [5.74, 6) is 0.702. The molecule has 3 heterocycles. The summed E-state index contributed by atoms with van der Waals surface area (Å²) in [6, 6.07) is 15.8. The minimum atomic E-state index is -3.59. The maximum atomic E-state index is 13.6. The van der Waals surface area contributed by atoms with Gasteiger partial charge in [-0.3, -0.25) is 9.69 Å². The number of fused-ring (bicyclic) bond motifs is 1. The number of furan rings is 1. The summed E-state index contributed by atoms with van der Waals surface area (Å²) in [4.78, 5) is 20.2. The van der Waals surface area contributed by atoms with Crippen LogP contribution >= 0.6 is 11.3 Å². The van der Waals surface area contributed by atoms with Gasteiger partial charge in [0.2, 0.25) is 10.0 Å². The van der Waals surface area contributed by atoms with Crippen molar-refractivity contribution >= 4 is 42.6 Å². The number of aromatic nitrogens is 1. The van der Waals surface area contributed by atoms with Gasteiger partial charge in [0.25, 0.3) is 5.91 Å². The number of para-hydroxylation sites is 1. The number of sulfonamides is 1. The molecule has 1 unspecified atom stereocenters. The van der Waals surface area contributed by atoms with Gasteiger partial charge in [-0.15, -0.1) is 0 Å². The Morgan fingerprint density at radius 1 is 1.17 bits per heavy atom. The number of anilines is 1. The average Bonchev–Trinajstić information content (AvgIpc) is 3.53. The van der Waals surface area contributed by atoms with Gasteiger partial charge in [-0.05, 0) is 73.7 Å². The van der Waals surface area contributed by atoms with Crippen molar-refractivity contribution < 1.29 is 17.6 Å². The fraction of sp³-hybridized carbons (Fsp3) is 0.308. The second-order valence-electron chi connectivity index (χ2n) is 9.02. The molecule has 0 saturated carbocycles. The summed E-state index contributed by atoms with van der Waals surface area (Å²) in [5.41, 5.74) is 2.29. The van der Waals surface area contributed by atoms with Crippen molar-refractivity contribution in [1.82, 2.24) is 9.29 Å². The van der Waals surface area contributed by atoms with Gasteiger partial charge in [0.1, 0.15) is 5.76 Å². The number of carbonyl (C=O) groups is 1. The topological polar surface area (TPSA) is 83.7 Å². The number of hydrogen-bond donors (Lipinski definition) is 0. The molecule has 1 aliphatic rings. The van der Waals surface area contributed by atoms with Crippen LogP contribution in [0, 0.1) is 12.8 Å². The minimum Gasteiger partial charge on any atom is -0.467 e. The molecule has 5 rings (SSSR count). The molecule has 0 radical (unpaired) electrons. The molecule has 1 aliphatic heterocycles.